The molecule has 1 aromatic heterocycles. The van der Waals surface area contributed by atoms with E-state index in [0.29, 0.717) is 25.1 Å². The predicted molar refractivity (Wildman–Crippen MR) is 109 cm³/mol. The summed E-state index contributed by atoms with van der Waals surface area (Å²) in [5.74, 6) is -0.309. The van der Waals surface area contributed by atoms with Crippen LogP contribution >= 0.6 is 0 Å². The number of carbonyl (C=O) groups is 2. The summed E-state index contributed by atoms with van der Waals surface area (Å²) in [5, 5.41) is 1.02. The van der Waals surface area contributed by atoms with Crippen LogP contribution in [0.2, 0.25) is 0 Å². The van der Waals surface area contributed by atoms with Gasteiger partial charge in [0.2, 0.25) is 0 Å². The van der Waals surface area contributed by atoms with Crippen LogP contribution in [0.1, 0.15) is 70.4 Å². The van der Waals surface area contributed by atoms with Gasteiger partial charge in [0, 0.05) is 30.9 Å². The van der Waals surface area contributed by atoms with E-state index < -0.39 is 5.60 Å². The lowest BCUT2D eigenvalue weighted by Crippen LogP contribution is -2.29. The highest BCUT2D eigenvalue weighted by molar-refractivity contribution is 5.98. The number of esters is 1. The molecule has 2 rings (SSSR count). The van der Waals surface area contributed by atoms with Crippen molar-refractivity contribution in [2.45, 2.75) is 65.4 Å². The van der Waals surface area contributed by atoms with Crippen molar-refractivity contribution in [2.75, 3.05) is 13.6 Å². The number of nitrogens with one attached hydrogen (secondary N) is 1. The van der Waals surface area contributed by atoms with Gasteiger partial charge in [0.1, 0.15) is 11.3 Å². The smallest absolute Gasteiger partial charge is 0.306 e. The fraction of sp³-hybridized carbons (Fsp3) is 0.545. The quantitative estimate of drug-likeness (QED) is 0.777. The first-order valence-corrected chi connectivity index (χ1v) is 9.47. The SMILES string of the molecule is CN(CCCC(=O)OC(C)(C)C)C(=O)c1cc2ccc(C(C)(C)C)cc2[nH]1. The van der Waals surface area contributed by atoms with Crippen molar-refractivity contribution in [2.24, 2.45) is 0 Å². The van der Waals surface area contributed by atoms with E-state index in [1.807, 2.05) is 32.9 Å². The molecule has 0 aliphatic rings. The summed E-state index contributed by atoms with van der Waals surface area (Å²) in [5.41, 5.74) is 2.34. The highest BCUT2D eigenvalue weighted by Gasteiger charge is 2.19. The van der Waals surface area contributed by atoms with Gasteiger partial charge in [-0.25, -0.2) is 0 Å². The number of aromatic nitrogens is 1. The van der Waals surface area contributed by atoms with Gasteiger partial charge in [0.25, 0.3) is 5.91 Å². The molecule has 0 saturated heterocycles. The number of ether oxygens (including phenoxy) is 1. The largest absolute Gasteiger partial charge is 0.460 e. The summed E-state index contributed by atoms with van der Waals surface area (Å²) in [7, 11) is 1.75. The number of H-pyrrole nitrogens is 1. The zero-order valence-corrected chi connectivity index (χ0v) is 17.6. The molecule has 0 aliphatic carbocycles. The second-order valence-corrected chi connectivity index (χ2v) is 9.15. The normalized spacial score (nSPS) is 12.3. The Kier molecular flexibility index (Phi) is 6.03. The molecule has 0 atom stereocenters. The maximum Gasteiger partial charge on any atom is 0.306 e. The van der Waals surface area contributed by atoms with Crippen LogP contribution in [0.5, 0.6) is 0 Å². The fourth-order valence-electron chi connectivity index (χ4n) is 2.87. The third kappa shape index (κ3) is 5.84. The Balaban J connectivity index is 1.99. The van der Waals surface area contributed by atoms with Crippen LogP contribution in [0.4, 0.5) is 0 Å². The molecule has 1 heterocycles. The van der Waals surface area contributed by atoms with E-state index in [-0.39, 0.29) is 17.3 Å². The van der Waals surface area contributed by atoms with E-state index >= 15 is 0 Å². The van der Waals surface area contributed by atoms with Crippen LogP contribution in [-0.2, 0) is 14.9 Å². The van der Waals surface area contributed by atoms with Crippen molar-refractivity contribution in [1.82, 2.24) is 9.88 Å². The van der Waals surface area contributed by atoms with Crippen LogP contribution in [0.15, 0.2) is 24.3 Å². The van der Waals surface area contributed by atoms with E-state index in [2.05, 4.69) is 37.9 Å². The molecule has 5 nitrogen and oxygen atoms in total. The van der Waals surface area contributed by atoms with Crippen LogP contribution in [0.3, 0.4) is 0 Å². The van der Waals surface area contributed by atoms with Crippen LogP contribution in [0, 0.1) is 0 Å². The summed E-state index contributed by atoms with van der Waals surface area (Å²) in [6.45, 7) is 12.6. The summed E-state index contributed by atoms with van der Waals surface area (Å²) in [4.78, 5) is 29.3. The van der Waals surface area contributed by atoms with Crippen LogP contribution in [-0.4, -0.2) is 41.0 Å². The monoisotopic (exact) mass is 372 g/mol. The molecular weight excluding hydrogens is 340 g/mol. The van der Waals surface area contributed by atoms with Gasteiger partial charge >= 0.3 is 5.97 Å². The maximum atomic E-state index is 12.7. The van der Waals surface area contributed by atoms with Gasteiger partial charge in [-0.3, -0.25) is 9.59 Å². The minimum atomic E-state index is -0.477. The third-order valence-electron chi connectivity index (χ3n) is 4.36. The highest BCUT2D eigenvalue weighted by atomic mass is 16.6. The minimum Gasteiger partial charge on any atom is -0.460 e. The molecule has 27 heavy (non-hydrogen) atoms. The lowest BCUT2D eigenvalue weighted by atomic mass is 9.87. The second kappa shape index (κ2) is 7.75. The summed E-state index contributed by atoms with van der Waals surface area (Å²) < 4.78 is 5.29. The van der Waals surface area contributed by atoms with Gasteiger partial charge in [-0.15, -0.1) is 0 Å². The molecule has 0 spiro atoms. The molecule has 1 N–H and O–H groups in total. The average molecular weight is 373 g/mol. The Morgan fingerprint density at radius 3 is 2.33 bits per heavy atom. The average Bonchev–Trinajstić information content (AvgIpc) is 2.94. The van der Waals surface area contributed by atoms with Crippen LogP contribution in [0.25, 0.3) is 10.9 Å². The molecule has 0 unspecified atom stereocenters. The van der Waals surface area contributed by atoms with Crippen molar-refractivity contribution in [3.63, 3.8) is 0 Å². The van der Waals surface area contributed by atoms with E-state index in [4.69, 9.17) is 4.74 Å². The molecule has 0 fully saturated rings. The molecule has 0 saturated carbocycles. The van der Waals surface area contributed by atoms with E-state index in [1.54, 1.807) is 11.9 Å². The number of amides is 1. The Morgan fingerprint density at radius 1 is 1.07 bits per heavy atom. The van der Waals surface area contributed by atoms with Gasteiger partial charge in [0.15, 0.2) is 0 Å². The van der Waals surface area contributed by atoms with Crippen molar-refractivity contribution in [3.8, 4) is 0 Å². The Bertz CT molecular complexity index is 822. The number of hydrogen-bond donors (Lipinski definition) is 1. The molecule has 0 bridgehead atoms. The lowest BCUT2D eigenvalue weighted by molar-refractivity contribution is -0.154. The summed E-state index contributed by atoms with van der Waals surface area (Å²) in [6.07, 6.45) is 0.877. The Labute approximate surface area is 162 Å². The number of aromatic amines is 1. The number of carbonyl (C=O) groups excluding carboxylic acids is 2. The Hall–Kier alpha value is -2.30. The number of rotatable bonds is 5. The number of fused-ring (bicyclic) bond motifs is 1. The van der Waals surface area contributed by atoms with Crippen molar-refractivity contribution >= 4 is 22.8 Å². The van der Waals surface area contributed by atoms with Gasteiger partial charge < -0.3 is 14.6 Å². The van der Waals surface area contributed by atoms with Gasteiger partial charge in [0.05, 0.1) is 0 Å². The molecule has 148 valence electrons. The van der Waals surface area contributed by atoms with Crippen molar-refractivity contribution in [1.29, 1.82) is 0 Å². The van der Waals surface area contributed by atoms with Gasteiger partial charge in [-0.1, -0.05) is 32.9 Å². The number of hydrogen-bond acceptors (Lipinski definition) is 3. The Morgan fingerprint density at radius 2 is 1.74 bits per heavy atom. The van der Waals surface area contributed by atoms with E-state index in [1.165, 1.54) is 5.56 Å². The molecule has 1 aromatic carbocycles. The zero-order valence-electron chi connectivity index (χ0n) is 17.6. The molecule has 0 radical (unpaired) electrons. The first-order valence-electron chi connectivity index (χ1n) is 9.47. The summed E-state index contributed by atoms with van der Waals surface area (Å²) in [6, 6.07) is 8.14. The number of nitrogens with zero attached hydrogens (tertiary/aromatic N) is 1. The van der Waals surface area contributed by atoms with E-state index in [9.17, 15) is 9.59 Å². The topological polar surface area (TPSA) is 62.4 Å². The van der Waals surface area contributed by atoms with Crippen molar-refractivity contribution in [3.05, 3.63) is 35.5 Å². The predicted octanol–water partition coefficient (Wildman–Crippen LogP) is 4.66. The second-order valence-electron chi connectivity index (χ2n) is 9.15. The molecule has 2 aromatic rings. The lowest BCUT2D eigenvalue weighted by Gasteiger charge is -2.20. The third-order valence-corrected chi connectivity index (χ3v) is 4.36. The fourth-order valence-corrected chi connectivity index (χ4v) is 2.87. The number of benzene rings is 1. The molecular formula is C22H32N2O3. The minimum absolute atomic E-state index is 0.0575. The first kappa shape index (κ1) is 21.0. The van der Waals surface area contributed by atoms with Crippen LogP contribution < -0.4 is 0 Å². The van der Waals surface area contributed by atoms with E-state index in [0.717, 1.165) is 10.9 Å². The van der Waals surface area contributed by atoms with Crippen molar-refractivity contribution < 1.29 is 14.3 Å². The summed E-state index contributed by atoms with van der Waals surface area (Å²) >= 11 is 0. The highest BCUT2D eigenvalue weighted by Crippen LogP contribution is 2.26. The van der Waals surface area contributed by atoms with Gasteiger partial charge in [-0.2, -0.15) is 0 Å². The molecule has 5 heteroatoms. The first-order chi connectivity index (χ1) is 12.4. The maximum absolute atomic E-state index is 12.7. The van der Waals surface area contributed by atoms with Gasteiger partial charge in [-0.05, 0) is 50.3 Å². The zero-order chi connectivity index (χ0) is 20.4. The standard InChI is InChI=1S/C22H32N2O3/c1-21(2,3)16-11-10-15-13-18(23-17(15)14-16)20(26)24(7)12-8-9-19(25)27-22(4,5)6/h10-11,13-14,23H,8-9,12H2,1-7H3. The molecule has 1 amide bonds. The molecule has 0 aliphatic heterocycles.